The molecule has 3 amide bonds. The SMILES string of the molecule is Cc1nonc1CN1C(=O)c2cccc(N3CCC[C@@H](C(=O)N4CCC[C@@H](c5ccccc5)CC4)C3)c2C1=O. The highest BCUT2D eigenvalue weighted by atomic mass is 16.6. The second-order valence-electron chi connectivity index (χ2n) is 10.8. The second kappa shape index (κ2) is 10.6. The number of anilines is 1. The van der Waals surface area contributed by atoms with Crippen molar-refractivity contribution in [3.63, 3.8) is 0 Å². The molecule has 9 heteroatoms. The second-order valence-corrected chi connectivity index (χ2v) is 10.8. The highest BCUT2D eigenvalue weighted by Gasteiger charge is 2.40. The van der Waals surface area contributed by atoms with Crippen molar-refractivity contribution in [1.29, 1.82) is 0 Å². The van der Waals surface area contributed by atoms with E-state index in [1.165, 1.54) is 10.5 Å². The van der Waals surface area contributed by atoms with Crippen LogP contribution in [0.1, 0.15) is 75.7 Å². The summed E-state index contributed by atoms with van der Waals surface area (Å²) in [7, 11) is 0. The first-order chi connectivity index (χ1) is 19.0. The van der Waals surface area contributed by atoms with E-state index in [4.69, 9.17) is 4.63 Å². The molecule has 3 aliphatic rings. The topological polar surface area (TPSA) is 99.8 Å². The molecule has 0 spiro atoms. The number of aryl methyl sites for hydroxylation is 1. The van der Waals surface area contributed by atoms with E-state index in [1.54, 1.807) is 13.0 Å². The van der Waals surface area contributed by atoms with Crippen molar-refractivity contribution in [3.05, 3.63) is 76.6 Å². The van der Waals surface area contributed by atoms with E-state index in [9.17, 15) is 14.4 Å². The molecule has 1 aromatic heterocycles. The molecule has 3 aliphatic heterocycles. The summed E-state index contributed by atoms with van der Waals surface area (Å²) in [5.74, 6) is -0.126. The fourth-order valence-electron chi connectivity index (χ4n) is 6.30. The summed E-state index contributed by atoms with van der Waals surface area (Å²) in [6.07, 6.45) is 4.76. The lowest BCUT2D eigenvalue weighted by Crippen LogP contribution is -2.45. The molecule has 0 unspecified atom stereocenters. The van der Waals surface area contributed by atoms with E-state index >= 15 is 0 Å². The zero-order chi connectivity index (χ0) is 26.9. The van der Waals surface area contributed by atoms with Crippen LogP contribution >= 0.6 is 0 Å². The molecule has 0 radical (unpaired) electrons. The van der Waals surface area contributed by atoms with Crippen molar-refractivity contribution in [2.24, 2.45) is 5.92 Å². The number of hydrogen-bond acceptors (Lipinski definition) is 7. The molecule has 3 aromatic rings. The molecular weight excluding hydrogens is 494 g/mol. The van der Waals surface area contributed by atoms with Crippen molar-refractivity contribution in [1.82, 2.24) is 20.1 Å². The minimum atomic E-state index is -0.346. The molecule has 6 rings (SSSR count). The summed E-state index contributed by atoms with van der Waals surface area (Å²) in [6, 6.07) is 16.0. The third kappa shape index (κ3) is 4.82. The molecule has 4 heterocycles. The zero-order valence-corrected chi connectivity index (χ0v) is 22.2. The molecule has 0 bridgehead atoms. The maximum absolute atomic E-state index is 13.7. The minimum Gasteiger partial charge on any atom is -0.370 e. The van der Waals surface area contributed by atoms with E-state index < -0.39 is 0 Å². The van der Waals surface area contributed by atoms with Gasteiger partial charge in [0.1, 0.15) is 11.4 Å². The highest BCUT2D eigenvalue weighted by molar-refractivity contribution is 6.23. The number of carbonyl (C=O) groups is 3. The van der Waals surface area contributed by atoms with E-state index in [0.717, 1.165) is 57.4 Å². The third-order valence-corrected chi connectivity index (χ3v) is 8.45. The van der Waals surface area contributed by atoms with Gasteiger partial charge in [0.15, 0.2) is 0 Å². The number of benzene rings is 2. The number of carbonyl (C=O) groups excluding carboxylic acids is 3. The minimum absolute atomic E-state index is 0.0150. The number of rotatable bonds is 5. The van der Waals surface area contributed by atoms with Crippen LogP contribution in [0.5, 0.6) is 0 Å². The lowest BCUT2D eigenvalue weighted by Gasteiger charge is -2.36. The molecular formula is C30H33N5O4. The van der Waals surface area contributed by atoms with Crippen molar-refractivity contribution < 1.29 is 19.0 Å². The third-order valence-electron chi connectivity index (χ3n) is 8.45. The molecule has 2 saturated heterocycles. The predicted molar refractivity (Wildman–Crippen MR) is 144 cm³/mol. The van der Waals surface area contributed by atoms with E-state index in [-0.39, 0.29) is 30.2 Å². The van der Waals surface area contributed by atoms with Gasteiger partial charge in [0.25, 0.3) is 11.8 Å². The number of fused-ring (bicyclic) bond motifs is 1. The first-order valence-corrected chi connectivity index (χ1v) is 13.9. The quantitative estimate of drug-likeness (QED) is 0.459. The molecule has 39 heavy (non-hydrogen) atoms. The van der Waals surface area contributed by atoms with Gasteiger partial charge in [0.2, 0.25) is 5.91 Å². The van der Waals surface area contributed by atoms with Crippen LogP contribution in [0.4, 0.5) is 5.69 Å². The standard InChI is InChI=1S/C30H33N5O4/c1-20-25(32-39-31-20)19-35-29(37)24-12-5-13-26(27(24)30(35)38)34-16-7-11-23(18-34)28(36)33-15-6-10-22(14-17-33)21-8-3-2-4-9-21/h2-5,8-9,12-13,22-23H,6-7,10-11,14-19H2,1H3/t22-,23-/m1/s1. The molecule has 2 fully saturated rings. The Kier molecular flexibility index (Phi) is 6.89. The van der Waals surface area contributed by atoms with Crippen LogP contribution < -0.4 is 4.90 Å². The van der Waals surface area contributed by atoms with Crippen molar-refractivity contribution in [2.75, 3.05) is 31.1 Å². The molecule has 0 N–H and O–H groups in total. The average Bonchev–Trinajstić information content (AvgIpc) is 3.36. The average molecular weight is 528 g/mol. The summed E-state index contributed by atoms with van der Waals surface area (Å²) in [5.41, 5.74) is 3.89. The van der Waals surface area contributed by atoms with Gasteiger partial charge in [-0.2, -0.15) is 0 Å². The Balaban J connectivity index is 1.16. The molecule has 0 saturated carbocycles. The van der Waals surface area contributed by atoms with E-state index in [0.29, 0.717) is 35.0 Å². The van der Waals surface area contributed by atoms with Crippen LogP contribution in [0.2, 0.25) is 0 Å². The monoisotopic (exact) mass is 527 g/mol. The Morgan fingerprint density at radius 1 is 0.923 bits per heavy atom. The van der Waals surface area contributed by atoms with Crippen molar-refractivity contribution >= 4 is 23.4 Å². The normalized spacial score (nSPS) is 21.7. The van der Waals surface area contributed by atoms with Crippen LogP contribution in [0, 0.1) is 12.8 Å². The fourth-order valence-corrected chi connectivity index (χ4v) is 6.30. The summed E-state index contributed by atoms with van der Waals surface area (Å²) >= 11 is 0. The molecule has 0 aliphatic carbocycles. The molecule has 9 nitrogen and oxygen atoms in total. The maximum atomic E-state index is 13.7. The van der Waals surface area contributed by atoms with Gasteiger partial charge in [-0.25, -0.2) is 4.63 Å². The van der Waals surface area contributed by atoms with Crippen LogP contribution in [-0.2, 0) is 11.3 Å². The number of imide groups is 1. The Morgan fingerprint density at radius 2 is 1.74 bits per heavy atom. The van der Waals surface area contributed by atoms with Gasteiger partial charge in [0, 0.05) is 26.2 Å². The van der Waals surface area contributed by atoms with Crippen LogP contribution in [-0.4, -0.2) is 64.0 Å². The number of likely N-dealkylation sites (tertiary alicyclic amines) is 1. The largest absolute Gasteiger partial charge is 0.370 e. The van der Waals surface area contributed by atoms with Crippen LogP contribution in [0.25, 0.3) is 0 Å². The Labute approximate surface area is 227 Å². The van der Waals surface area contributed by atoms with Crippen molar-refractivity contribution in [3.8, 4) is 0 Å². The lowest BCUT2D eigenvalue weighted by molar-refractivity contribution is -0.135. The van der Waals surface area contributed by atoms with Gasteiger partial charge in [-0.05, 0) is 62.6 Å². The number of aromatic nitrogens is 2. The summed E-state index contributed by atoms with van der Waals surface area (Å²) in [6.45, 7) is 4.59. The Bertz CT molecular complexity index is 1390. The number of piperidine rings is 1. The predicted octanol–water partition coefficient (Wildman–Crippen LogP) is 4.19. The van der Waals surface area contributed by atoms with Gasteiger partial charge in [-0.3, -0.25) is 19.3 Å². The molecule has 2 aromatic carbocycles. The first kappa shape index (κ1) is 25.3. The Morgan fingerprint density at radius 3 is 2.54 bits per heavy atom. The number of amides is 3. The van der Waals surface area contributed by atoms with Crippen LogP contribution in [0.3, 0.4) is 0 Å². The van der Waals surface area contributed by atoms with Gasteiger partial charge in [-0.1, -0.05) is 46.7 Å². The zero-order valence-electron chi connectivity index (χ0n) is 22.2. The number of hydrogen-bond donors (Lipinski definition) is 0. The van der Waals surface area contributed by atoms with Crippen LogP contribution in [0.15, 0.2) is 53.2 Å². The van der Waals surface area contributed by atoms with E-state index in [1.807, 2.05) is 18.2 Å². The molecule has 2 atom stereocenters. The van der Waals surface area contributed by atoms with Crippen molar-refractivity contribution in [2.45, 2.75) is 51.5 Å². The maximum Gasteiger partial charge on any atom is 0.264 e. The van der Waals surface area contributed by atoms with Gasteiger partial charge < -0.3 is 9.80 Å². The molecule has 202 valence electrons. The smallest absolute Gasteiger partial charge is 0.264 e. The van der Waals surface area contributed by atoms with E-state index in [2.05, 4.69) is 44.4 Å². The number of nitrogens with zero attached hydrogens (tertiary/aromatic N) is 5. The summed E-state index contributed by atoms with van der Waals surface area (Å²) < 4.78 is 4.75. The lowest BCUT2D eigenvalue weighted by atomic mass is 9.92. The summed E-state index contributed by atoms with van der Waals surface area (Å²) in [5, 5.41) is 7.60. The van der Waals surface area contributed by atoms with Gasteiger partial charge >= 0.3 is 0 Å². The highest BCUT2D eigenvalue weighted by Crippen LogP contribution is 2.35. The van der Waals surface area contributed by atoms with Gasteiger partial charge in [-0.15, -0.1) is 0 Å². The Hall–Kier alpha value is -4.01. The fraction of sp³-hybridized carbons (Fsp3) is 0.433. The first-order valence-electron chi connectivity index (χ1n) is 13.9. The summed E-state index contributed by atoms with van der Waals surface area (Å²) in [4.78, 5) is 45.7. The van der Waals surface area contributed by atoms with Gasteiger partial charge in [0.05, 0.1) is 29.3 Å².